The van der Waals surface area contributed by atoms with E-state index in [2.05, 4.69) is 35.3 Å². The molecule has 1 aromatic heterocycles. The van der Waals surface area contributed by atoms with E-state index in [9.17, 15) is 0 Å². The molecule has 0 amide bonds. The molecule has 5 nitrogen and oxygen atoms in total. The third kappa shape index (κ3) is 2.89. The van der Waals surface area contributed by atoms with Gasteiger partial charge in [-0.15, -0.1) is 0 Å². The lowest BCUT2D eigenvalue weighted by Crippen LogP contribution is -2.11. The van der Waals surface area contributed by atoms with E-state index in [0.29, 0.717) is 18.2 Å². The lowest BCUT2D eigenvalue weighted by molar-refractivity contribution is 0.181. The minimum absolute atomic E-state index is 0.426. The Morgan fingerprint density at radius 2 is 2.05 bits per heavy atom. The SMILES string of the molecule is COCc1cc(NN)nc(-c2cccc(C)c2C)n1. The summed E-state index contributed by atoms with van der Waals surface area (Å²) in [5.74, 6) is 6.69. The number of ether oxygens (including phenoxy) is 1. The van der Waals surface area contributed by atoms with Gasteiger partial charge >= 0.3 is 0 Å². The highest BCUT2D eigenvalue weighted by atomic mass is 16.5. The van der Waals surface area contributed by atoms with E-state index < -0.39 is 0 Å². The molecule has 0 saturated carbocycles. The van der Waals surface area contributed by atoms with Crippen LogP contribution in [0.2, 0.25) is 0 Å². The molecule has 2 aromatic rings. The van der Waals surface area contributed by atoms with Gasteiger partial charge in [-0.1, -0.05) is 18.2 Å². The van der Waals surface area contributed by atoms with Crippen molar-refractivity contribution in [2.45, 2.75) is 20.5 Å². The number of aryl methyl sites for hydroxylation is 1. The maximum absolute atomic E-state index is 5.45. The molecule has 1 heterocycles. The van der Waals surface area contributed by atoms with E-state index >= 15 is 0 Å². The number of anilines is 1. The summed E-state index contributed by atoms with van der Waals surface area (Å²) in [5.41, 5.74) is 6.74. The van der Waals surface area contributed by atoms with Gasteiger partial charge in [-0.25, -0.2) is 15.8 Å². The van der Waals surface area contributed by atoms with Crippen LogP contribution in [0, 0.1) is 13.8 Å². The Morgan fingerprint density at radius 1 is 1.26 bits per heavy atom. The van der Waals surface area contributed by atoms with Crippen LogP contribution in [0.25, 0.3) is 11.4 Å². The first-order valence-electron chi connectivity index (χ1n) is 6.05. The summed E-state index contributed by atoms with van der Waals surface area (Å²) in [5, 5.41) is 0. The van der Waals surface area contributed by atoms with Crippen LogP contribution in [0.1, 0.15) is 16.8 Å². The molecule has 19 heavy (non-hydrogen) atoms. The molecule has 3 N–H and O–H groups in total. The lowest BCUT2D eigenvalue weighted by Gasteiger charge is -2.10. The van der Waals surface area contributed by atoms with Gasteiger partial charge in [-0.05, 0) is 25.0 Å². The molecule has 0 atom stereocenters. The Morgan fingerprint density at radius 3 is 2.74 bits per heavy atom. The maximum Gasteiger partial charge on any atom is 0.162 e. The number of benzene rings is 1. The summed E-state index contributed by atoms with van der Waals surface area (Å²) < 4.78 is 5.11. The molecule has 2 rings (SSSR count). The average molecular weight is 258 g/mol. The molecule has 0 saturated heterocycles. The van der Waals surface area contributed by atoms with Gasteiger partial charge < -0.3 is 10.2 Å². The number of nitrogens with one attached hydrogen (secondary N) is 1. The van der Waals surface area contributed by atoms with Crippen molar-refractivity contribution in [2.24, 2.45) is 5.84 Å². The minimum Gasteiger partial charge on any atom is -0.378 e. The third-order valence-electron chi connectivity index (χ3n) is 3.06. The molecule has 1 aromatic carbocycles. The fourth-order valence-corrected chi connectivity index (χ4v) is 1.91. The highest BCUT2D eigenvalue weighted by molar-refractivity contribution is 5.63. The Hall–Kier alpha value is -1.98. The zero-order valence-electron chi connectivity index (χ0n) is 11.4. The number of hydrazine groups is 1. The standard InChI is InChI=1S/C14H18N4O/c1-9-5-4-6-12(10(9)2)14-16-11(8-19-3)7-13(17-14)18-15/h4-7H,8,15H2,1-3H3,(H,16,17,18). The first-order valence-corrected chi connectivity index (χ1v) is 6.05. The molecular weight excluding hydrogens is 240 g/mol. The summed E-state index contributed by atoms with van der Waals surface area (Å²) in [6.07, 6.45) is 0. The lowest BCUT2D eigenvalue weighted by atomic mass is 10.0. The summed E-state index contributed by atoms with van der Waals surface area (Å²) >= 11 is 0. The zero-order chi connectivity index (χ0) is 13.8. The smallest absolute Gasteiger partial charge is 0.162 e. The Labute approximate surface area is 112 Å². The third-order valence-corrected chi connectivity index (χ3v) is 3.06. The second-order valence-corrected chi connectivity index (χ2v) is 4.39. The molecule has 0 aliphatic heterocycles. The van der Waals surface area contributed by atoms with Crippen LogP contribution in [0.5, 0.6) is 0 Å². The Bertz CT molecular complexity index is 584. The van der Waals surface area contributed by atoms with Crippen LogP contribution in [0.3, 0.4) is 0 Å². The van der Waals surface area contributed by atoms with Gasteiger partial charge in [0.1, 0.15) is 5.82 Å². The normalized spacial score (nSPS) is 10.5. The summed E-state index contributed by atoms with van der Waals surface area (Å²) in [4.78, 5) is 8.92. The topological polar surface area (TPSA) is 73.1 Å². The monoisotopic (exact) mass is 258 g/mol. The van der Waals surface area contributed by atoms with E-state index in [4.69, 9.17) is 10.6 Å². The molecule has 100 valence electrons. The predicted octanol–water partition coefficient (Wildman–Crippen LogP) is 2.19. The van der Waals surface area contributed by atoms with Crippen molar-refractivity contribution < 1.29 is 4.74 Å². The van der Waals surface area contributed by atoms with Crippen molar-refractivity contribution >= 4 is 5.82 Å². The number of nitrogen functional groups attached to an aromatic ring is 1. The van der Waals surface area contributed by atoms with Crippen LogP contribution in [-0.2, 0) is 11.3 Å². The quantitative estimate of drug-likeness (QED) is 0.649. The van der Waals surface area contributed by atoms with E-state index in [1.54, 1.807) is 13.2 Å². The summed E-state index contributed by atoms with van der Waals surface area (Å²) in [6, 6.07) is 7.85. The average Bonchev–Trinajstić information content (AvgIpc) is 2.42. The van der Waals surface area contributed by atoms with Crippen molar-refractivity contribution in [3.8, 4) is 11.4 Å². The van der Waals surface area contributed by atoms with Gasteiger partial charge in [0, 0.05) is 18.7 Å². The van der Waals surface area contributed by atoms with Crippen LogP contribution in [0.4, 0.5) is 5.82 Å². The van der Waals surface area contributed by atoms with Gasteiger partial charge in [0.25, 0.3) is 0 Å². The number of hydrogen-bond acceptors (Lipinski definition) is 5. The molecule has 0 aliphatic rings. The highest BCUT2D eigenvalue weighted by Crippen LogP contribution is 2.23. The number of hydrogen-bond donors (Lipinski definition) is 2. The van der Waals surface area contributed by atoms with Crippen LogP contribution in [-0.4, -0.2) is 17.1 Å². The van der Waals surface area contributed by atoms with Crippen LogP contribution < -0.4 is 11.3 Å². The second-order valence-electron chi connectivity index (χ2n) is 4.39. The van der Waals surface area contributed by atoms with Crippen molar-refractivity contribution in [3.63, 3.8) is 0 Å². The van der Waals surface area contributed by atoms with Gasteiger partial charge in [0.05, 0.1) is 12.3 Å². The molecular formula is C14H18N4O. The van der Waals surface area contributed by atoms with Crippen LogP contribution >= 0.6 is 0 Å². The number of aromatic nitrogens is 2. The molecule has 0 unspecified atom stereocenters. The number of nitrogens with zero attached hydrogens (tertiary/aromatic N) is 2. The van der Waals surface area contributed by atoms with Gasteiger partial charge in [-0.2, -0.15) is 0 Å². The first-order chi connectivity index (χ1) is 9.15. The Balaban J connectivity index is 2.54. The molecule has 0 radical (unpaired) electrons. The molecule has 0 bridgehead atoms. The number of nitrogens with two attached hydrogens (primary N) is 1. The van der Waals surface area contributed by atoms with Gasteiger partial charge in [-0.3, -0.25) is 0 Å². The summed E-state index contributed by atoms with van der Waals surface area (Å²) in [7, 11) is 1.63. The highest BCUT2D eigenvalue weighted by Gasteiger charge is 2.09. The molecule has 0 aliphatic carbocycles. The predicted molar refractivity (Wildman–Crippen MR) is 75.5 cm³/mol. The van der Waals surface area contributed by atoms with Crippen molar-refractivity contribution in [2.75, 3.05) is 12.5 Å². The van der Waals surface area contributed by atoms with E-state index in [-0.39, 0.29) is 0 Å². The van der Waals surface area contributed by atoms with Gasteiger partial charge in [0.2, 0.25) is 0 Å². The first kappa shape index (κ1) is 13.5. The van der Waals surface area contributed by atoms with Gasteiger partial charge in [0.15, 0.2) is 5.82 Å². The minimum atomic E-state index is 0.426. The number of rotatable bonds is 4. The van der Waals surface area contributed by atoms with Crippen molar-refractivity contribution in [3.05, 3.63) is 41.1 Å². The maximum atomic E-state index is 5.45. The van der Waals surface area contributed by atoms with Crippen LogP contribution in [0.15, 0.2) is 24.3 Å². The molecule has 0 spiro atoms. The Kier molecular flexibility index (Phi) is 4.09. The van der Waals surface area contributed by atoms with Crippen molar-refractivity contribution in [1.82, 2.24) is 9.97 Å². The fraction of sp³-hybridized carbons (Fsp3) is 0.286. The van der Waals surface area contributed by atoms with E-state index in [1.165, 1.54) is 11.1 Å². The molecule has 0 fully saturated rings. The largest absolute Gasteiger partial charge is 0.378 e. The van der Waals surface area contributed by atoms with E-state index in [1.807, 2.05) is 12.1 Å². The number of methoxy groups -OCH3 is 1. The van der Waals surface area contributed by atoms with Crippen molar-refractivity contribution in [1.29, 1.82) is 0 Å². The second kappa shape index (κ2) is 5.77. The summed E-state index contributed by atoms with van der Waals surface area (Å²) in [6.45, 7) is 4.56. The fourth-order valence-electron chi connectivity index (χ4n) is 1.91. The zero-order valence-corrected chi connectivity index (χ0v) is 11.4. The molecule has 5 heteroatoms. The van der Waals surface area contributed by atoms with E-state index in [0.717, 1.165) is 11.3 Å².